The second-order valence-electron chi connectivity index (χ2n) is 12.5. The molecule has 4 aliphatic rings. The smallest absolute Gasteiger partial charge is 0.253 e. The first-order valence-electron chi connectivity index (χ1n) is 14.5. The third-order valence-electron chi connectivity index (χ3n) is 9.02. The Balaban J connectivity index is 1.27. The Labute approximate surface area is 238 Å². The molecule has 1 N–H and O–H groups in total. The van der Waals surface area contributed by atoms with Gasteiger partial charge in [-0.15, -0.1) is 0 Å². The van der Waals surface area contributed by atoms with Crippen LogP contribution in [0.15, 0.2) is 22.5 Å². The molecule has 3 aliphatic heterocycles. The standard InChI is InChI=1S/C30H42N4O5S/c1-21-16-25(34(23(3)35)18-29(4)19-39-20-29)17-22(2)26(21)10-15-40(37,38)33-13-11-30(12-14-33)28(36)31-27(32-30)24-8-6-5-7-9-24/h10,15-17,24H,5-9,11-14,18-20H2,1-4H3,(H,31,32,36)/b15-10+. The number of ether oxygens (including phenoxy) is 1. The van der Waals surface area contributed by atoms with E-state index in [9.17, 15) is 18.0 Å². The lowest BCUT2D eigenvalue weighted by Crippen LogP contribution is -2.50. The van der Waals surface area contributed by atoms with Crippen molar-refractivity contribution in [3.63, 3.8) is 0 Å². The second-order valence-corrected chi connectivity index (χ2v) is 14.3. The summed E-state index contributed by atoms with van der Waals surface area (Å²) < 4.78 is 33.4. The van der Waals surface area contributed by atoms with E-state index in [0.717, 1.165) is 53.9 Å². The summed E-state index contributed by atoms with van der Waals surface area (Å²) in [6, 6.07) is 3.88. The minimum Gasteiger partial charge on any atom is -0.380 e. The zero-order chi connectivity index (χ0) is 28.7. The van der Waals surface area contributed by atoms with Gasteiger partial charge in [0.05, 0.1) is 13.2 Å². The van der Waals surface area contributed by atoms with E-state index in [1.165, 1.54) is 16.1 Å². The van der Waals surface area contributed by atoms with Crippen molar-refractivity contribution >= 4 is 39.4 Å². The molecule has 0 atom stereocenters. The predicted octanol–water partition coefficient (Wildman–Crippen LogP) is 3.94. The minimum absolute atomic E-state index is 0.0354. The number of rotatable bonds is 7. The molecule has 1 aliphatic carbocycles. The molecule has 2 amide bonds. The number of nitrogens with zero attached hydrogens (tertiary/aromatic N) is 3. The Bertz CT molecular complexity index is 1310. The normalized spacial score (nSPS) is 23.2. The van der Waals surface area contributed by atoms with E-state index in [4.69, 9.17) is 9.73 Å². The van der Waals surface area contributed by atoms with Crippen LogP contribution in [0.4, 0.5) is 5.69 Å². The molecule has 0 bridgehead atoms. The molecule has 2 saturated heterocycles. The number of benzene rings is 1. The molecule has 0 radical (unpaired) electrons. The van der Waals surface area contributed by atoms with Crippen LogP contribution in [-0.2, 0) is 24.3 Å². The van der Waals surface area contributed by atoms with Gasteiger partial charge in [0.2, 0.25) is 15.9 Å². The van der Waals surface area contributed by atoms with E-state index in [-0.39, 0.29) is 30.3 Å². The Hall–Kier alpha value is -2.56. The van der Waals surface area contributed by atoms with E-state index in [1.807, 2.05) is 26.0 Å². The van der Waals surface area contributed by atoms with E-state index < -0.39 is 15.6 Å². The van der Waals surface area contributed by atoms with Crippen LogP contribution >= 0.6 is 0 Å². The van der Waals surface area contributed by atoms with Gasteiger partial charge in [0, 0.05) is 49.0 Å². The minimum atomic E-state index is -3.68. The van der Waals surface area contributed by atoms with E-state index >= 15 is 0 Å². The molecule has 0 aromatic heterocycles. The lowest BCUT2D eigenvalue weighted by Gasteiger charge is -2.41. The van der Waals surface area contributed by atoms with Gasteiger partial charge in [-0.1, -0.05) is 26.2 Å². The maximum absolute atomic E-state index is 13.3. The number of carbonyl (C=O) groups excluding carboxylic acids is 2. The average molecular weight is 571 g/mol. The van der Waals surface area contributed by atoms with Crippen molar-refractivity contribution in [1.29, 1.82) is 0 Å². The van der Waals surface area contributed by atoms with Crippen LogP contribution in [0.1, 0.15) is 75.5 Å². The molecule has 9 nitrogen and oxygen atoms in total. The maximum Gasteiger partial charge on any atom is 0.253 e. The van der Waals surface area contributed by atoms with Crippen molar-refractivity contribution in [3.8, 4) is 0 Å². The summed E-state index contributed by atoms with van der Waals surface area (Å²) in [7, 11) is -3.68. The molecule has 1 aromatic rings. The van der Waals surface area contributed by atoms with E-state index in [1.54, 1.807) is 17.9 Å². The molecule has 10 heteroatoms. The van der Waals surface area contributed by atoms with Gasteiger partial charge >= 0.3 is 0 Å². The van der Waals surface area contributed by atoms with Gasteiger partial charge in [-0.3, -0.25) is 14.6 Å². The highest BCUT2D eigenvalue weighted by Crippen LogP contribution is 2.35. The number of hydrogen-bond acceptors (Lipinski definition) is 6. The first kappa shape index (κ1) is 29.0. The molecular weight excluding hydrogens is 528 g/mol. The summed E-state index contributed by atoms with van der Waals surface area (Å²) in [6.45, 7) is 9.88. The molecule has 40 heavy (non-hydrogen) atoms. The van der Waals surface area contributed by atoms with Crippen molar-refractivity contribution in [1.82, 2.24) is 9.62 Å². The largest absolute Gasteiger partial charge is 0.380 e. The Morgan fingerprint density at radius 1 is 1.15 bits per heavy atom. The number of anilines is 1. The van der Waals surface area contributed by atoms with Gasteiger partial charge in [0.1, 0.15) is 11.4 Å². The van der Waals surface area contributed by atoms with Crippen LogP contribution in [0.5, 0.6) is 0 Å². The summed E-state index contributed by atoms with van der Waals surface area (Å²) in [5.41, 5.74) is 2.52. The fourth-order valence-corrected chi connectivity index (χ4v) is 7.65. The Morgan fingerprint density at radius 2 is 1.77 bits per heavy atom. The SMILES string of the molecule is CC(=O)N(CC1(C)COC1)c1cc(C)c(/C=C/S(=O)(=O)N2CCC3(CC2)N=C(C2CCCCC2)NC3=O)c(C)c1. The summed E-state index contributed by atoms with van der Waals surface area (Å²) in [5, 5.41) is 4.30. The summed E-state index contributed by atoms with van der Waals surface area (Å²) >= 11 is 0. The monoisotopic (exact) mass is 570 g/mol. The van der Waals surface area contributed by atoms with Crippen LogP contribution in [-0.4, -0.2) is 68.8 Å². The van der Waals surface area contributed by atoms with Gasteiger partial charge in [0.15, 0.2) is 0 Å². The van der Waals surface area contributed by atoms with Crippen LogP contribution in [0.3, 0.4) is 0 Å². The highest BCUT2D eigenvalue weighted by atomic mass is 32.2. The van der Waals surface area contributed by atoms with Crippen LogP contribution in [0.25, 0.3) is 6.08 Å². The van der Waals surface area contributed by atoms with Gasteiger partial charge in [-0.2, -0.15) is 4.31 Å². The molecule has 0 unspecified atom stereocenters. The summed E-state index contributed by atoms with van der Waals surface area (Å²) in [4.78, 5) is 32.0. The van der Waals surface area contributed by atoms with Gasteiger partial charge < -0.3 is 15.0 Å². The summed E-state index contributed by atoms with van der Waals surface area (Å²) in [6.07, 6.45) is 8.10. The number of piperidine rings is 1. The molecule has 5 rings (SSSR count). The molecule has 3 fully saturated rings. The third kappa shape index (κ3) is 5.76. The second kappa shape index (κ2) is 11.0. The first-order chi connectivity index (χ1) is 18.9. The molecule has 3 heterocycles. The number of aryl methyl sites for hydroxylation is 2. The topological polar surface area (TPSA) is 108 Å². The number of sulfonamides is 1. The first-order valence-corrected chi connectivity index (χ1v) is 16.0. The number of aliphatic imine (C=N–C) groups is 1. The quantitative estimate of drug-likeness (QED) is 0.534. The van der Waals surface area contributed by atoms with Crippen molar-refractivity contribution in [2.45, 2.75) is 78.2 Å². The van der Waals surface area contributed by atoms with Crippen LogP contribution in [0, 0.1) is 25.2 Å². The highest BCUT2D eigenvalue weighted by molar-refractivity contribution is 7.92. The highest BCUT2D eigenvalue weighted by Gasteiger charge is 2.48. The van der Waals surface area contributed by atoms with Crippen molar-refractivity contribution in [3.05, 3.63) is 34.2 Å². The average Bonchev–Trinajstić information content (AvgIpc) is 3.21. The number of nitrogens with one attached hydrogen (secondary N) is 1. The van der Waals surface area contributed by atoms with Gasteiger partial charge in [0.25, 0.3) is 5.91 Å². The van der Waals surface area contributed by atoms with Crippen LogP contribution in [0.2, 0.25) is 0 Å². The Morgan fingerprint density at radius 3 is 2.33 bits per heavy atom. The summed E-state index contributed by atoms with van der Waals surface area (Å²) in [5.74, 6) is 1.02. The lowest BCUT2D eigenvalue weighted by atomic mass is 9.87. The van der Waals surface area contributed by atoms with Crippen molar-refractivity contribution < 1.29 is 22.7 Å². The molecule has 1 saturated carbocycles. The van der Waals surface area contributed by atoms with Crippen LogP contribution < -0.4 is 10.2 Å². The molecule has 1 spiro atoms. The number of carbonyl (C=O) groups is 2. The zero-order valence-corrected chi connectivity index (χ0v) is 25.0. The fraction of sp³-hybridized carbons (Fsp3) is 0.633. The Kier molecular flexibility index (Phi) is 7.98. The van der Waals surface area contributed by atoms with Gasteiger partial charge in [-0.05, 0) is 74.4 Å². The van der Waals surface area contributed by atoms with Gasteiger partial charge in [-0.25, -0.2) is 8.42 Å². The van der Waals surface area contributed by atoms with E-state index in [2.05, 4.69) is 12.2 Å². The van der Waals surface area contributed by atoms with Crippen molar-refractivity contribution in [2.75, 3.05) is 37.7 Å². The number of hydrogen-bond donors (Lipinski definition) is 1. The lowest BCUT2D eigenvalue weighted by molar-refractivity contribution is -0.125. The number of amides is 2. The molecule has 218 valence electrons. The molecular formula is C30H42N4O5S. The predicted molar refractivity (Wildman–Crippen MR) is 157 cm³/mol. The fourth-order valence-electron chi connectivity index (χ4n) is 6.48. The zero-order valence-electron chi connectivity index (χ0n) is 24.2. The third-order valence-corrected chi connectivity index (χ3v) is 10.6. The maximum atomic E-state index is 13.3. The van der Waals surface area contributed by atoms with E-state index in [0.29, 0.717) is 38.5 Å². The number of amidine groups is 1. The molecule has 1 aromatic carbocycles. The van der Waals surface area contributed by atoms with Crippen molar-refractivity contribution in [2.24, 2.45) is 16.3 Å².